The summed E-state index contributed by atoms with van der Waals surface area (Å²) in [5.41, 5.74) is 3.69. The molecule has 0 aromatic heterocycles. The summed E-state index contributed by atoms with van der Waals surface area (Å²) < 4.78 is 16.2. The molecular formula is C17H25ClO3. The molecule has 0 aliphatic carbocycles. The summed E-state index contributed by atoms with van der Waals surface area (Å²) in [5.74, 6) is 2.08. The first-order chi connectivity index (χ1) is 10.1. The fourth-order valence-electron chi connectivity index (χ4n) is 1.93. The average Bonchev–Trinajstić information content (AvgIpc) is 2.49. The van der Waals surface area contributed by atoms with E-state index in [9.17, 15) is 0 Å². The van der Waals surface area contributed by atoms with E-state index in [1.165, 1.54) is 16.7 Å². The molecule has 3 nitrogen and oxygen atoms in total. The van der Waals surface area contributed by atoms with Crippen molar-refractivity contribution in [2.24, 2.45) is 0 Å². The van der Waals surface area contributed by atoms with Gasteiger partial charge in [0.15, 0.2) is 11.5 Å². The smallest absolute Gasteiger partial charge is 0.161 e. The highest BCUT2D eigenvalue weighted by atomic mass is 35.5. The van der Waals surface area contributed by atoms with Crippen LogP contribution >= 0.6 is 11.6 Å². The van der Waals surface area contributed by atoms with Gasteiger partial charge < -0.3 is 14.2 Å². The van der Waals surface area contributed by atoms with Gasteiger partial charge in [0.1, 0.15) is 0 Å². The van der Waals surface area contributed by atoms with Crippen LogP contribution in [0.1, 0.15) is 25.8 Å². The topological polar surface area (TPSA) is 27.7 Å². The Morgan fingerprint density at radius 2 is 1.86 bits per heavy atom. The third-order valence-electron chi connectivity index (χ3n) is 3.26. The Labute approximate surface area is 132 Å². The van der Waals surface area contributed by atoms with E-state index < -0.39 is 0 Å². The second-order valence-corrected chi connectivity index (χ2v) is 5.36. The van der Waals surface area contributed by atoms with Crippen molar-refractivity contribution in [3.63, 3.8) is 0 Å². The van der Waals surface area contributed by atoms with E-state index in [1.54, 1.807) is 14.2 Å². The monoisotopic (exact) mass is 312 g/mol. The highest BCUT2D eigenvalue weighted by Crippen LogP contribution is 2.29. The maximum absolute atomic E-state index is 6.00. The van der Waals surface area contributed by atoms with Crippen molar-refractivity contribution >= 4 is 11.6 Å². The van der Waals surface area contributed by atoms with Crippen LogP contribution in [-0.2, 0) is 11.2 Å². The van der Waals surface area contributed by atoms with Crippen LogP contribution in [0.25, 0.3) is 0 Å². The maximum Gasteiger partial charge on any atom is 0.161 e. The zero-order chi connectivity index (χ0) is 15.7. The molecule has 0 unspecified atom stereocenters. The molecule has 0 amide bonds. The predicted molar refractivity (Wildman–Crippen MR) is 87.8 cm³/mol. The summed E-state index contributed by atoms with van der Waals surface area (Å²) >= 11 is 6.00. The van der Waals surface area contributed by atoms with Crippen molar-refractivity contribution in [1.29, 1.82) is 0 Å². The van der Waals surface area contributed by atoms with Gasteiger partial charge in [0.2, 0.25) is 0 Å². The average molecular weight is 313 g/mol. The number of rotatable bonds is 9. The Morgan fingerprint density at radius 1 is 1.10 bits per heavy atom. The van der Waals surface area contributed by atoms with Gasteiger partial charge in [-0.2, -0.15) is 0 Å². The molecular weight excluding hydrogens is 288 g/mol. The molecule has 21 heavy (non-hydrogen) atoms. The fourth-order valence-corrected chi connectivity index (χ4v) is 2.30. The number of alkyl halides is 1. The summed E-state index contributed by atoms with van der Waals surface area (Å²) in [6.45, 7) is 5.47. The van der Waals surface area contributed by atoms with E-state index >= 15 is 0 Å². The van der Waals surface area contributed by atoms with Gasteiger partial charge in [0, 0.05) is 26.0 Å². The van der Waals surface area contributed by atoms with E-state index in [1.807, 2.05) is 12.1 Å². The van der Waals surface area contributed by atoms with Crippen molar-refractivity contribution in [3.05, 3.63) is 34.9 Å². The molecule has 118 valence electrons. The molecule has 0 saturated heterocycles. The molecule has 1 aromatic rings. The Bertz CT molecular complexity index is 465. The SMILES string of the molecule is COCCCOc1cc(CC(CCl)=C(C)C)ccc1OC. The standard InChI is InChI=1S/C17H25ClO3/c1-13(2)15(12-18)10-14-6-7-16(20-4)17(11-14)21-9-5-8-19-3/h6-7,11H,5,8-10,12H2,1-4H3. The van der Waals surface area contributed by atoms with Crippen LogP contribution in [0.3, 0.4) is 0 Å². The number of halogens is 1. The number of benzene rings is 1. The molecule has 1 aromatic carbocycles. The van der Waals surface area contributed by atoms with Gasteiger partial charge >= 0.3 is 0 Å². The Kier molecular flexibility index (Phi) is 8.24. The molecule has 4 heteroatoms. The lowest BCUT2D eigenvalue weighted by Crippen LogP contribution is -2.03. The summed E-state index contributed by atoms with van der Waals surface area (Å²) in [6.07, 6.45) is 1.69. The van der Waals surface area contributed by atoms with Crippen molar-refractivity contribution < 1.29 is 14.2 Å². The third kappa shape index (κ3) is 5.98. The van der Waals surface area contributed by atoms with E-state index in [2.05, 4.69) is 19.9 Å². The molecule has 0 aliphatic rings. The van der Waals surface area contributed by atoms with Gasteiger partial charge in [0.05, 0.1) is 13.7 Å². The van der Waals surface area contributed by atoms with Gasteiger partial charge in [-0.1, -0.05) is 17.2 Å². The van der Waals surface area contributed by atoms with Gasteiger partial charge in [-0.3, -0.25) is 0 Å². The summed E-state index contributed by atoms with van der Waals surface area (Å²) in [6, 6.07) is 6.02. The second kappa shape index (κ2) is 9.69. The quantitative estimate of drug-likeness (QED) is 0.388. The molecule has 0 fully saturated rings. The zero-order valence-corrected chi connectivity index (χ0v) is 14.1. The largest absolute Gasteiger partial charge is 0.493 e. The molecule has 0 saturated carbocycles. The van der Waals surface area contributed by atoms with E-state index in [0.717, 1.165) is 24.3 Å². The molecule has 0 spiro atoms. The minimum atomic E-state index is 0.554. The molecule has 0 heterocycles. The fraction of sp³-hybridized carbons (Fsp3) is 0.529. The molecule has 0 atom stereocenters. The first kappa shape index (κ1) is 17.9. The van der Waals surface area contributed by atoms with Crippen molar-refractivity contribution in [3.8, 4) is 11.5 Å². The second-order valence-electron chi connectivity index (χ2n) is 5.09. The van der Waals surface area contributed by atoms with Crippen LogP contribution < -0.4 is 9.47 Å². The minimum Gasteiger partial charge on any atom is -0.493 e. The first-order valence-corrected chi connectivity index (χ1v) is 7.65. The Morgan fingerprint density at radius 3 is 2.43 bits per heavy atom. The first-order valence-electron chi connectivity index (χ1n) is 7.12. The van der Waals surface area contributed by atoms with Gasteiger partial charge in [0.25, 0.3) is 0 Å². The Balaban J connectivity index is 2.81. The lowest BCUT2D eigenvalue weighted by atomic mass is 10.0. The van der Waals surface area contributed by atoms with Crippen LogP contribution in [-0.4, -0.2) is 33.3 Å². The highest BCUT2D eigenvalue weighted by Gasteiger charge is 2.08. The van der Waals surface area contributed by atoms with Crippen LogP contribution in [0.15, 0.2) is 29.3 Å². The van der Waals surface area contributed by atoms with E-state index in [-0.39, 0.29) is 0 Å². The highest BCUT2D eigenvalue weighted by molar-refractivity contribution is 6.19. The number of ether oxygens (including phenoxy) is 3. The Hall–Kier alpha value is -1.19. The van der Waals surface area contributed by atoms with Crippen LogP contribution in [0, 0.1) is 0 Å². The minimum absolute atomic E-state index is 0.554. The summed E-state index contributed by atoms with van der Waals surface area (Å²) in [4.78, 5) is 0. The van der Waals surface area contributed by atoms with Crippen molar-refractivity contribution in [1.82, 2.24) is 0 Å². The third-order valence-corrected chi connectivity index (χ3v) is 3.59. The zero-order valence-electron chi connectivity index (χ0n) is 13.4. The van der Waals surface area contributed by atoms with Crippen molar-refractivity contribution in [2.75, 3.05) is 33.3 Å². The maximum atomic E-state index is 6.00. The molecule has 0 bridgehead atoms. The number of allylic oxidation sites excluding steroid dienone is 2. The van der Waals surface area contributed by atoms with Crippen LogP contribution in [0.4, 0.5) is 0 Å². The van der Waals surface area contributed by atoms with Gasteiger partial charge in [-0.05, 0) is 38.0 Å². The lowest BCUT2D eigenvalue weighted by molar-refractivity contribution is 0.170. The number of hydrogen-bond donors (Lipinski definition) is 0. The number of hydrogen-bond acceptors (Lipinski definition) is 3. The molecule has 0 aliphatic heterocycles. The molecule has 1 rings (SSSR count). The van der Waals surface area contributed by atoms with E-state index in [0.29, 0.717) is 19.1 Å². The van der Waals surface area contributed by atoms with Gasteiger partial charge in [-0.25, -0.2) is 0 Å². The lowest BCUT2D eigenvalue weighted by Gasteiger charge is -2.13. The predicted octanol–water partition coefficient (Wildman–Crippen LogP) is 4.23. The summed E-state index contributed by atoms with van der Waals surface area (Å²) in [5, 5.41) is 0. The number of methoxy groups -OCH3 is 2. The molecule has 0 N–H and O–H groups in total. The normalized spacial score (nSPS) is 10.3. The van der Waals surface area contributed by atoms with E-state index in [4.69, 9.17) is 25.8 Å². The van der Waals surface area contributed by atoms with Crippen LogP contribution in [0.2, 0.25) is 0 Å². The van der Waals surface area contributed by atoms with Gasteiger partial charge in [-0.15, -0.1) is 11.6 Å². The van der Waals surface area contributed by atoms with Crippen molar-refractivity contribution in [2.45, 2.75) is 26.7 Å². The van der Waals surface area contributed by atoms with Crippen LogP contribution in [0.5, 0.6) is 11.5 Å². The molecule has 0 radical (unpaired) electrons. The summed E-state index contributed by atoms with van der Waals surface area (Å²) in [7, 11) is 3.34.